The zero-order valence-electron chi connectivity index (χ0n) is 15.9. The van der Waals surface area contributed by atoms with Gasteiger partial charge in [0, 0.05) is 19.2 Å². The highest BCUT2D eigenvalue weighted by Gasteiger charge is 2.19. The van der Waals surface area contributed by atoms with Crippen LogP contribution in [0.2, 0.25) is 0 Å². The molecule has 2 N–H and O–H groups in total. The van der Waals surface area contributed by atoms with Crippen molar-refractivity contribution in [2.75, 3.05) is 44.1 Å². The van der Waals surface area contributed by atoms with Crippen LogP contribution < -0.4 is 25.0 Å². The summed E-state index contributed by atoms with van der Waals surface area (Å²) in [7, 11) is 3.14. The van der Waals surface area contributed by atoms with E-state index < -0.39 is 0 Å². The number of carbonyl (C=O) groups excluding carboxylic acids is 2. The van der Waals surface area contributed by atoms with Crippen molar-refractivity contribution in [3.63, 3.8) is 0 Å². The fourth-order valence-electron chi connectivity index (χ4n) is 3.00. The summed E-state index contributed by atoms with van der Waals surface area (Å²) in [5.74, 6) is 0.937. The lowest BCUT2D eigenvalue weighted by Gasteiger charge is -2.30. The van der Waals surface area contributed by atoms with Gasteiger partial charge >= 0.3 is 0 Å². The molecule has 1 heterocycles. The van der Waals surface area contributed by atoms with E-state index in [4.69, 9.17) is 9.47 Å². The summed E-state index contributed by atoms with van der Waals surface area (Å²) in [5, 5.41) is 5.69. The predicted molar refractivity (Wildman–Crippen MR) is 109 cm³/mol. The van der Waals surface area contributed by atoms with E-state index in [-0.39, 0.29) is 18.4 Å². The Kier molecular flexibility index (Phi) is 6.16. The van der Waals surface area contributed by atoms with Crippen molar-refractivity contribution >= 4 is 29.3 Å². The van der Waals surface area contributed by atoms with Crippen LogP contribution in [0.5, 0.6) is 11.5 Å². The molecule has 7 heteroatoms. The first-order valence-electron chi connectivity index (χ1n) is 8.92. The highest BCUT2D eigenvalue weighted by atomic mass is 16.5. The van der Waals surface area contributed by atoms with E-state index in [0.717, 1.165) is 11.3 Å². The Morgan fingerprint density at radius 3 is 2.68 bits per heavy atom. The molecule has 1 aliphatic heterocycles. The summed E-state index contributed by atoms with van der Waals surface area (Å²) in [4.78, 5) is 26.0. The molecule has 0 unspecified atom stereocenters. The molecule has 1 aliphatic rings. The molecule has 0 aromatic heterocycles. The Labute approximate surface area is 163 Å². The number of hydrogen-bond donors (Lipinski definition) is 2. The lowest BCUT2D eigenvalue weighted by molar-refractivity contribution is -0.120. The van der Waals surface area contributed by atoms with E-state index >= 15 is 0 Å². The van der Waals surface area contributed by atoms with Gasteiger partial charge in [0.05, 0.1) is 32.1 Å². The summed E-state index contributed by atoms with van der Waals surface area (Å²) in [6.07, 6.45) is 3.16. The molecular weight excluding hydrogens is 358 g/mol. The molecule has 0 saturated carbocycles. The number of methoxy groups -OCH3 is 2. The Balaban J connectivity index is 1.72. The maximum Gasteiger partial charge on any atom is 0.248 e. The van der Waals surface area contributed by atoms with Crippen LogP contribution in [0.15, 0.2) is 48.5 Å². The molecule has 0 radical (unpaired) electrons. The highest BCUT2D eigenvalue weighted by Crippen LogP contribution is 2.28. The third kappa shape index (κ3) is 4.62. The van der Waals surface area contributed by atoms with Gasteiger partial charge in [0.15, 0.2) is 11.5 Å². The van der Waals surface area contributed by atoms with Crippen LogP contribution in [0, 0.1) is 0 Å². The molecule has 0 spiro atoms. The van der Waals surface area contributed by atoms with Crippen LogP contribution in [-0.4, -0.2) is 45.7 Å². The third-order valence-corrected chi connectivity index (χ3v) is 4.38. The van der Waals surface area contributed by atoms with Gasteiger partial charge in [-0.2, -0.15) is 0 Å². The number of para-hydroxylation sites is 2. The smallest absolute Gasteiger partial charge is 0.248 e. The van der Waals surface area contributed by atoms with Crippen molar-refractivity contribution < 1.29 is 19.1 Å². The maximum absolute atomic E-state index is 12.4. The van der Waals surface area contributed by atoms with Crippen molar-refractivity contribution in [1.82, 2.24) is 5.32 Å². The summed E-state index contributed by atoms with van der Waals surface area (Å²) < 4.78 is 10.5. The number of carbonyl (C=O) groups is 2. The van der Waals surface area contributed by atoms with Crippen molar-refractivity contribution in [2.45, 2.75) is 0 Å². The molecule has 2 amide bonds. The monoisotopic (exact) mass is 381 g/mol. The molecule has 3 rings (SSSR count). The van der Waals surface area contributed by atoms with Crippen LogP contribution >= 0.6 is 0 Å². The molecule has 0 bridgehead atoms. The molecule has 0 aliphatic carbocycles. The molecule has 1 saturated heterocycles. The number of ether oxygens (including phenoxy) is 2. The summed E-state index contributed by atoms with van der Waals surface area (Å²) >= 11 is 0. The first-order chi connectivity index (χ1) is 13.6. The summed E-state index contributed by atoms with van der Waals surface area (Å²) in [5.41, 5.74) is 2.30. The Morgan fingerprint density at radius 1 is 1.14 bits per heavy atom. The van der Waals surface area contributed by atoms with Crippen molar-refractivity contribution in [3.05, 3.63) is 54.1 Å². The van der Waals surface area contributed by atoms with Gasteiger partial charge in [-0.05, 0) is 35.9 Å². The number of piperazine rings is 1. The number of benzene rings is 2. The van der Waals surface area contributed by atoms with Crippen LogP contribution in [0.1, 0.15) is 5.56 Å². The Hall–Kier alpha value is -3.48. The normalized spacial score (nSPS) is 13.9. The molecular formula is C21H23N3O4. The number of anilines is 2. The van der Waals surface area contributed by atoms with Gasteiger partial charge in [-0.1, -0.05) is 18.2 Å². The number of rotatable bonds is 6. The second-order valence-electron chi connectivity index (χ2n) is 6.23. The minimum Gasteiger partial charge on any atom is -0.493 e. The summed E-state index contributed by atoms with van der Waals surface area (Å²) in [6.45, 7) is 1.55. The average molecular weight is 381 g/mol. The SMILES string of the molecule is COc1ccc(/C=C/C(=O)Nc2ccccc2N2CCNC(=O)C2)cc1OC. The molecule has 28 heavy (non-hydrogen) atoms. The van der Waals surface area contributed by atoms with Crippen molar-refractivity contribution in [2.24, 2.45) is 0 Å². The van der Waals surface area contributed by atoms with E-state index in [2.05, 4.69) is 10.6 Å². The fraction of sp³-hybridized carbons (Fsp3) is 0.238. The first kappa shape index (κ1) is 19.3. The quantitative estimate of drug-likeness (QED) is 0.751. The third-order valence-electron chi connectivity index (χ3n) is 4.38. The van der Waals surface area contributed by atoms with Gasteiger partial charge in [0.2, 0.25) is 11.8 Å². The zero-order valence-corrected chi connectivity index (χ0v) is 15.9. The number of nitrogens with one attached hydrogen (secondary N) is 2. The molecule has 2 aromatic rings. The Morgan fingerprint density at radius 2 is 1.93 bits per heavy atom. The van der Waals surface area contributed by atoms with Crippen LogP contribution in [0.3, 0.4) is 0 Å². The Bertz CT molecular complexity index is 895. The second kappa shape index (κ2) is 8.94. The fourth-order valence-corrected chi connectivity index (χ4v) is 3.00. The van der Waals surface area contributed by atoms with Gasteiger partial charge < -0.3 is 25.0 Å². The summed E-state index contributed by atoms with van der Waals surface area (Å²) in [6, 6.07) is 12.9. The second-order valence-corrected chi connectivity index (χ2v) is 6.23. The van der Waals surface area contributed by atoms with Gasteiger partial charge in [-0.25, -0.2) is 0 Å². The largest absolute Gasteiger partial charge is 0.493 e. The minimum atomic E-state index is -0.260. The maximum atomic E-state index is 12.4. The zero-order chi connectivity index (χ0) is 19.9. The molecule has 2 aromatic carbocycles. The lowest BCUT2D eigenvalue weighted by atomic mass is 10.2. The van der Waals surface area contributed by atoms with Crippen LogP contribution in [-0.2, 0) is 9.59 Å². The molecule has 7 nitrogen and oxygen atoms in total. The topological polar surface area (TPSA) is 79.9 Å². The number of amides is 2. The molecule has 146 valence electrons. The highest BCUT2D eigenvalue weighted by molar-refractivity contribution is 6.04. The van der Waals surface area contributed by atoms with Gasteiger partial charge in [0.1, 0.15) is 0 Å². The van der Waals surface area contributed by atoms with Crippen LogP contribution in [0.4, 0.5) is 11.4 Å². The van der Waals surface area contributed by atoms with E-state index in [1.54, 1.807) is 32.4 Å². The van der Waals surface area contributed by atoms with E-state index in [1.807, 2.05) is 35.2 Å². The molecule has 0 atom stereocenters. The first-order valence-corrected chi connectivity index (χ1v) is 8.92. The van der Waals surface area contributed by atoms with Crippen molar-refractivity contribution in [3.8, 4) is 11.5 Å². The van der Waals surface area contributed by atoms with Gasteiger partial charge in [-0.3, -0.25) is 9.59 Å². The number of nitrogens with zero attached hydrogens (tertiary/aromatic N) is 1. The van der Waals surface area contributed by atoms with E-state index in [9.17, 15) is 9.59 Å². The molecule has 1 fully saturated rings. The van der Waals surface area contributed by atoms with Crippen LogP contribution in [0.25, 0.3) is 6.08 Å². The van der Waals surface area contributed by atoms with Gasteiger partial charge in [-0.15, -0.1) is 0 Å². The van der Waals surface area contributed by atoms with Gasteiger partial charge in [0.25, 0.3) is 0 Å². The average Bonchev–Trinajstić information content (AvgIpc) is 2.72. The minimum absolute atomic E-state index is 0.0271. The van der Waals surface area contributed by atoms with E-state index in [0.29, 0.717) is 30.3 Å². The van der Waals surface area contributed by atoms with Crippen molar-refractivity contribution in [1.29, 1.82) is 0 Å². The lowest BCUT2D eigenvalue weighted by Crippen LogP contribution is -2.47. The standard InChI is InChI=1S/C21H23N3O4/c1-27-18-9-7-15(13-19(18)28-2)8-10-20(25)23-16-5-3-4-6-17(16)24-12-11-22-21(26)14-24/h3-10,13H,11-12,14H2,1-2H3,(H,22,26)(H,23,25)/b10-8+. The number of hydrogen-bond acceptors (Lipinski definition) is 5. The van der Waals surface area contributed by atoms with E-state index in [1.165, 1.54) is 6.08 Å². The predicted octanol–water partition coefficient (Wildman–Crippen LogP) is 2.29.